The predicted octanol–water partition coefficient (Wildman–Crippen LogP) is 5.62. The summed E-state index contributed by atoms with van der Waals surface area (Å²) in [6.07, 6.45) is 10.2. The summed E-state index contributed by atoms with van der Waals surface area (Å²) in [6, 6.07) is 7.31. The smallest absolute Gasteiger partial charge is 0.127 e. The van der Waals surface area contributed by atoms with Crippen LogP contribution in [0.5, 0.6) is 0 Å². The topological polar surface area (TPSA) is 12.0 Å². The Labute approximate surface area is 124 Å². The largest absolute Gasteiger partial charge is 0.310 e. The minimum absolute atomic E-state index is 0.0820. The molecule has 0 spiro atoms. The lowest BCUT2D eigenvalue weighted by Gasteiger charge is -2.19. The third-order valence-corrected chi connectivity index (χ3v) is 3.83. The minimum Gasteiger partial charge on any atom is -0.310 e. The maximum absolute atomic E-state index is 13.8. The second-order valence-electron chi connectivity index (χ2n) is 5.54. The monoisotopic (exact) mass is 279 g/mol. The van der Waals surface area contributed by atoms with Crippen LogP contribution in [-0.2, 0) is 0 Å². The van der Waals surface area contributed by atoms with Gasteiger partial charge in [0, 0.05) is 11.6 Å². The van der Waals surface area contributed by atoms with Gasteiger partial charge in [-0.25, -0.2) is 4.39 Å². The van der Waals surface area contributed by atoms with Crippen molar-refractivity contribution in [3.05, 3.63) is 35.6 Å². The lowest BCUT2D eigenvalue weighted by Crippen LogP contribution is -2.21. The lowest BCUT2D eigenvalue weighted by atomic mass is 9.99. The number of benzene rings is 1. The maximum Gasteiger partial charge on any atom is 0.127 e. The summed E-state index contributed by atoms with van der Waals surface area (Å²) < 4.78 is 13.8. The van der Waals surface area contributed by atoms with Gasteiger partial charge in [-0.1, -0.05) is 77.0 Å². The number of unbranched alkanes of at least 4 members (excludes halogenated alkanes) is 6. The summed E-state index contributed by atoms with van der Waals surface area (Å²) in [5.41, 5.74) is 0.820. The zero-order chi connectivity index (χ0) is 14.6. The SMILES string of the molecule is CCCCCCCCCC(NCC)c1ccccc1F. The maximum atomic E-state index is 13.8. The standard InChI is InChI=1S/C18H30FN/c1-3-5-6-7-8-9-10-15-18(20-4-2)16-13-11-12-14-17(16)19/h11-14,18,20H,3-10,15H2,1-2H3. The van der Waals surface area contributed by atoms with Crippen LogP contribution in [0.15, 0.2) is 24.3 Å². The van der Waals surface area contributed by atoms with Crippen LogP contribution in [0, 0.1) is 5.82 Å². The van der Waals surface area contributed by atoms with Crippen molar-refractivity contribution in [2.24, 2.45) is 0 Å². The summed E-state index contributed by atoms with van der Waals surface area (Å²) >= 11 is 0. The third kappa shape index (κ3) is 6.51. The first-order chi connectivity index (χ1) is 9.79. The van der Waals surface area contributed by atoms with Crippen molar-refractivity contribution in [2.75, 3.05) is 6.54 Å². The molecule has 2 heteroatoms. The lowest BCUT2D eigenvalue weighted by molar-refractivity contribution is 0.457. The molecule has 1 aromatic rings. The van der Waals surface area contributed by atoms with E-state index in [1.165, 1.54) is 44.9 Å². The molecule has 1 atom stereocenters. The quantitative estimate of drug-likeness (QED) is 0.519. The van der Waals surface area contributed by atoms with E-state index in [0.29, 0.717) is 0 Å². The van der Waals surface area contributed by atoms with Crippen molar-refractivity contribution >= 4 is 0 Å². The number of rotatable bonds is 11. The van der Waals surface area contributed by atoms with Gasteiger partial charge in [0.15, 0.2) is 0 Å². The third-order valence-electron chi connectivity index (χ3n) is 3.83. The van der Waals surface area contributed by atoms with Crippen molar-refractivity contribution in [1.29, 1.82) is 0 Å². The molecule has 1 aromatic carbocycles. The molecule has 1 N–H and O–H groups in total. The van der Waals surface area contributed by atoms with Crippen LogP contribution in [0.2, 0.25) is 0 Å². The first kappa shape index (κ1) is 17.2. The number of hydrogen-bond donors (Lipinski definition) is 1. The molecule has 0 fully saturated rings. The summed E-state index contributed by atoms with van der Waals surface area (Å²) in [5, 5.41) is 3.41. The highest BCUT2D eigenvalue weighted by Crippen LogP contribution is 2.22. The van der Waals surface area contributed by atoms with E-state index in [9.17, 15) is 4.39 Å². The Morgan fingerprint density at radius 1 is 0.950 bits per heavy atom. The molecule has 0 amide bonds. The fourth-order valence-corrected chi connectivity index (χ4v) is 2.68. The van der Waals surface area contributed by atoms with Gasteiger partial charge in [0.25, 0.3) is 0 Å². The van der Waals surface area contributed by atoms with Gasteiger partial charge in [0.05, 0.1) is 0 Å². The number of nitrogens with one attached hydrogen (secondary N) is 1. The molecule has 1 rings (SSSR count). The van der Waals surface area contributed by atoms with Gasteiger partial charge in [-0.15, -0.1) is 0 Å². The molecule has 0 aliphatic heterocycles. The van der Waals surface area contributed by atoms with Crippen LogP contribution in [-0.4, -0.2) is 6.54 Å². The molecule has 1 nitrogen and oxygen atoms in total. The fourth-order valence-electron chi connectivity index (χ4n) is 2.68. The van der Waals surface area contributed by atoms with Crippen molar-refractivity contribution < 1.29 is 4.39 Å². The molecule has 0 aliphatic carbocycles. The Balaban J connectivity index is 2.31. The molecule has 0 bridgehead atoms. The number of halogens is 1. The Kier molecular flexibility index (Phi) is 9.31. The van der Waals surface area contributed by atoms with Crippen LogP contribution in [0.1, 0.15) is 76.8 Å². The normalized spacial score (nSPS) is 12.6. The molecule has 20 heavy (non-hydrogen) atoms. The first-order valence-electron chi connectivity index (χ1n) is 8.27. The van der Waals surface area contributed by atoms with E-state index in [1.807, 2.05) is 12.1 Å². The highest BCUT2D eigenvalue weighted by Gasteiger charge is 2.13. The summed E-state index contributed by atoms with van der Waals surface area (Å²) in [5.74, 6) is -0.0820. The van der Waals surface area contributed by atoms with E-state index < -0.39 is 0 Å². The zero-order valence-electron chi connectivity index (χ0n) is 13.1. The van der Waals surface area contributed by atoms with E-state index in [1.54, 1.807) is 12.1 Å². The molecule has 0 saturated heterocycles. The molecular formula is C18H30FN. The Hall–Kier alpha value is -0.890. The van der Waals surface area contributed by atoms with Gasteiger partial charge in [-0.05, 0) is 19.0 Å². The second-order valence-corrected chi connectivity index (χ2v) is 5.54. The molecule has 114 valence electrons. The molecule has 0 radical (unpaired) electrons. The molecular weight excluding hydrogens is 249 g/mol. The van der Waals surface area contributed by atoms with Crippen LogP contribution in [0.3, 0.4) is 0 Å². The average molecular weight is 279 g/mol. The summed E-state index contributed by atoms with van der Waals surface area (Å²) in [4.78, 5) is 0. The van der Waals surface area contributed by atoms with Gasteiger partial charge in [0.1, 0.15) is 5.82 Å². The molecule has 0 heterocycles. The second kappa shape index (κ2) is 10.8. The molecule has 0 saturated carbocycles. The van der Waals surface area contributed by atoms with Gasteiger partial charge < -0.3 is 5.32 Å². The highest BCUT2D eigenvalue weighted by molar-refractivity contribution is 5.21. The molecule has 0 aliphatic rings. The van der Waals surface area contributed by atoms with E-state index >= 15 is 0 Å². The van der Waals surface area contributed by atoms with Crippen LogP contribution in [0.25, 0.3) is 0 Å². The highest BCUT2D eigenvalue weighted by atomic mass is 19.1. The van der Waals surface area contributed by atoms with Crippen LogP contribution < -0.4 is 5.32 Å². The average Bonchev–Trinajstić information content (AvgIpc) is 2.46. The van der Waals surface area contributed by atoms with E-state index in [2.05, 4.69) is 19.2 Å². The predicted molar refractivity (Wildman–Crippen MR) is 85.4 cm³/mol. The van der Waals surface area contributed by atoms with E-state index in [-0.39, 0.29) is 11.9 Å². The van der Waals surface area contributed by atoms with Crippen molar-refractivity contribution in [2.45, 2.75) is 71.3 Å². The molecule has 1 unspecified atom stereocenters. The van der Waals surface area contributed by atoms with Gasteiger partial charge in [0.2, 0.25) is 0 Å². The van der Waals surface area contributed by atoms with E-state index in [4.69, 9.17) is 0 Å². The van der Waals surface area contributed by atoms with Crippen molar-refractivity contribution in [3.8, 4) is 0 Å². The van der Waals surface area contributed by atoms with Gasteiger partial charge >= 0.3 is 0 Å². The summed E-state index contributed by atoms with van der Waals surface area (Å²) in [7, 11) is 0. The van der Waals surface area contributed by atoms with Crippen molar-refractivity contribution in [1.82, 2.24) is 5.32 Å². The minimum atomic E-state index is -0.0820. The Morgan fingerprint density at radius 2 is 1.60 bits per heavy atom. The first-order valence-corrected chi connectivity index (χ1v) is 8.27. The van der Waals surface area contributed by atoms with Gasteiger partial charge in [-0.2, -0.15) is 0 Å². The summed E-state index contributed by atoms with van der Waals surface area (Å²) in [6.45, 7) is 5.21. The Bertz CT molecular complexity index is 351. The molecule has 0 aromatic heterocycles. The van der Waals surface area contributed by atoms with Crippen LogP contribution >= 0.6 is 0 Å². The van der Waals surface area contributed by atoms with Gasteiger partial charge in [-0.3, -0.25) is 0 Å². The zero-order valence-corrected chi connectivity index (χ0v) is 13.1. The number of hydrogen-bond acceptors (Lipinski definition) is 1. The van der Waals surface area contributed by atoms with Crippen molar-refractivity contribution in [3.63, 3.8) is 0 Å². The van der Waals surface area contributed by atoms with Crippen LogP contribution in [0.4, 0.5) is 4.39 Å². The van der Waals surface area contributed by atoms with E-state index in [0.717, 1.165) is 18.5 Å². The fraction of sp³-hybridized carbons (Fsp3) is 0.667. The Morgan fingerprint density at radius 3 is 2.25 bits per heavy atom.